The predicted molar refractivity (Wildman–Crippen MR) is 123 cm³/mol. The molecular weight excluding hydrogens is 414 g/mol. The lowest BCUT2D eigenvalue weighted by Crippen LogP contribution is -2.46. The molecule has 0 radical (unpaired) electrons. The molecule has 0 N–H and O–H groups in total. The Hall–Kier alpha value is -2.48. The first-order chi connectivity index (χ1) is 15.1. The summed E-state index contributed by atoms with van der Waals surface area (Å²) in [6.45, 7) is 8.70. The Morgan fingerprint density at radius 3 is 2.29 bits per heavy atom. The summed E-state index contributed by atoms with van der Waals surface area (Å²) in [5, 5.41) is 1.66. The van der Waals surface area contributed by atoms with Crippen LogP contribution in [0, 0.1) is 0 Å². The standard InChI is InChI=1S/C23H26ClN5O2/c1-15-13-29(14-16(2)31-15)23-26-21-19(22(27-23)28-9-11-30-12-10-28)7-8-20(25-21)17-3-5-18(24)6-4-17/h3-8,15-16H,9-14H2,1-2H3. The summed E-state index contributed by atoms with van der Waals surface area (Å²) in [6.07, 6.45) is 0.256. The molecule has 2 unspecified atom stereocenters. The van der Waals surface area contributed by atoms with E-state index in [4.69, 9.17) is 36.0 Å². The number of benzene rings is 1. The number of hydrogen-bond donors (Lipinski definition) is 0. The Morgan fingerprint density at radius 1 is 0.871 bits per heavy atom. The molecule has 7 nitrogen and oxygen atoms in total. The summed E-state index contributed by atoms with van der Waals surface area (Å²) in [6, 6.07) is 11.8. The van der Waals surface area contributed by atoms with Gasteiger partial charge in [-0.05, 0) is 38.1 Å². The molecule has 2 fully saturated rings. The highest BCUT2D eigenvalue weighted by molar-refractivity contribution is 6.30. The summed E-state index contributed by atoms with van der Waals surface area (Å²) in [4.78, 5) is 19.3. The molecule has 2 saturated heterocycles. The Bertz CT molecular complexity index is 1060. The van der Waals surface area contributed by atoms with E-state index in [1.165, 1.54) is 0 Å². The minimum absolute atomic E-state index is 0.128. The number of nitrogens with zero attached hydrogens (tertiary/aromatic N) is 5. The Balaban J connectivity index is 1.61. The van der Waals surface area contributed by atoms with Crippen LogP contribution in [0.15, 0.2) is 36.4 Å². The van der Waals surface area contributed by atoms with Crippen molar-refractivity contribution in [2.45, 2.75) is 26.1 Å². The molecule has 0 spiro atoms. The van der Waals surface area contributed by atoms with E-state index < -0.39 is 0 Å². The van der Waals surface area contributed by atoms with E-state index in [0.29, 0.717) is 29.8 Å². The van der Waals surface area contributed by atoms with Crippen molar-refractivity contribution in [2.24, 2.45) is 0 Å². The van der Waals surface area contributed by atoms with Gasteiger partial charge in [0.2, 0.25) is 5.95 Å². The Kier molecular flexibility index (Phi) is 5.65. The molecule has 0 amide bonds. The van der Waals surface area contributed by atoms with Crippen molar-refractivity contribution in [1.29, 1.82) is 0 Å². The van der Waals surface area contributed by atoms with Crippen LogP contribution >= 0.6 is 11.6 Å². The summed E-state index contributed by atoms with van der Waals surface area (Å²) in [7, 11) is 0. The molecule has 2 aliphatic heterocycles. The van der Waals surface area contributed by atoms with Crippen molar-refractivity contribution in [3.63, 3.8) is 0 Å². The molecule has 0 aliphatic carbocycles. The Morgan fingerprint density at radius 2 is 1.58 bits per heavy atom. The third-order valence-electron chi connectivity index (χ3n) is 5.68. The fourth-order valence-electron chi connectivity index (χ4n) is 4.26. The fraction of sp³-hybridized carbons (Fsp3) is 0.435. The molecule has 2 atom stereocenters. The van der Waals surface area contributed by atoms with E-state index in [9.17, 15) is 0 Å². The zero-order chi connectivity index (χ0) is 21.4. The van der Waals surface area contributed by atoms with Crippen LogP contribution in [-0.2, 0) is 9.47 Å². The van der Waals surface area contributed by atoms with Crippen molar-refractivity contribution in [1.82, 2.24) is 15.0 Å². The number of pyridine rings is 1. The minimum atomic E-state index is 0.128. The monoisotopic (exact) mass is 439 g/mol. The van der Waals surface area contributed by atoms with E-state index in [0.717, 1.165) is 48.6 Å². The first kappa shape index (κ1) is 20.4. The molecule has 162 valence electrons. The smallest absolute Gasteiger partial charge is 0.229 e. The van der Waals surface area contributed by atoms with Crippen LogP contribution in [-0.4, -0.2) is 66.6 Å². The number of anilines is 2. The zero-order valence-electron chi connectivity index (χ0n) is 17.8. The highest BCUT2D eigenvalue weighted by Gasteiger charge is 2.26. The second-order valence-corrected chi connectivity index (χ2v) is 8.62. The zero-order valence-corrected chi connectivity index (χ0v) is 18.5. The van der Waals surface area contributed by atoms with Gasteiger partial charge in [0.15, 0.2) is 5.65 Å². The largest absolute Gasteiger partial charge is 0.378 e. The molecule has 2 aromatic heterocycles. The molecule has 1 aromatic carbocycles. The van der Waals surface area contributed by atoms with Crippen LogP contribution in [0.3, 0.4) is 0 Å². The first-order valence-corrected chi connectivity index (χ1v) is 11.1. The van der Waals surface area contributed by atoms with Gasteiger partial charge in [-0.2, -0.15) is 9.97 Å². The van der Waals surface area contributed by atoms with Crippen LogP contribution in [0.25, 0.3) is 22.3 Å². The SMILES string of the molecule is CC1CN(c2nc(N3CCOCC3)c3ccc(-c4ccc(Cl)cc4)nc3n2)CC(C)O1. The van der Waals surface area contributed by atoms with Gasteiger partial charge in [0.25, 0.3) is 0 Å². The average Bonchev–Trinajstić information content (AvgIpc) is 2.78. The van der Waals surface area contributed by atoms with Crippen LogP contribution < -0.4 is 9.80 Å². The van der Waals surface area contributed by atoms with Crippen molar-refractivity contribution in [3.05, 3.63) is 41.4 Å². The molecule has 8 heteroatoms. The van der Waals surface area contributed by atoms with Crippen molar-refractivity contribution >= 4 is 34.4 Å². The van der Waals surface area contributed by atoms with E-state index in [-0.39, 0.29) is 12.2 Å². The topological polar surface area (TPSA) is 63.6 Å². The maximum absolute atomic E-state index is 6.06. The predicted octanol–water partition coefficient (Wildman–Crippen LogP) is 3.80. The van der Waals surface area contributed by atoms with Gasteiger partial charge in [-0.15, -0.1) is 0 Å². The molecule has 2 aliphatic rings. The van der Waals surface area contributed by atoms with Gasteiger partial charge in [-0.1, -0.05) is 23.7 Å². The fourth-order valence-corrected chi connectivity index (χ4v) is 4.39. The van der Waals surface area contributed by atoms with Gasteiger partial charge in [0.1, 0.15) is 5.82 Å². The van der Waals surface area contributed by atoms with Crippen LogP contribution in [0.5, 0.6) is 0 Å². The number of morpholine rings is 2. The lowest BCUT2D eigenvalue weighted by Gasteiger charge is -2.36. The third-order valence-corrected chi connectivity index (χ3v) is 5.93. The molecule has 3 aromatic rings. The summed E-state index contributed by atoms with van der Waals surface area (Å²) >= 11 is 6.06. The highest BCUT2D eigenvalue weighted by atomic mass is 35.5. The van der Waals surface area contributed by atoms with Crippen molar-refractivity contribution < 1.29 is 9.47 Å². The van der Waals surface area contributed by atoms with Gasteiger partial charge in [-0.25, -0.2) is 4.98 Å². The van der Waals surface area contributed by atoms with E-state index in [1.807, 2.05) is 30.3 Å². The second kappa shape index (κ2) is 8.57. The van der Waals surface area contributed by atoms with Gasteiger partial charge >= 0.3 is 0 Å². The quantitative estimate of drug-likeness (QED) is 0.615. The summed E-state index contributed by atoms with van der Waals surface area (Å²) in [5.74, 6) is 1.63. The lowest BCUT2D eigenvalue weighted by atomic mass is 10.1. The summed E-state index contributed by atoms with van der Waals surface area (Å²) < 4.78 is 11.5. The lowest BCUT2D eigenvalue weighted by molar-refractivity contribution is -0.00570. The normalized spacial score (nSPS) is 22.2. The molecule has 4 heterocycles. The van der Waals surface area contributed by atoms with Crippen LogP contribution in [0.1, 0.15) is 13.8 Å². The van der Waals surface area contributed by atoms with Crippen molar-refractivity contribution in [3.8, 4) is 11.3 Å². The molecule has 5 rings (SSSR count). The molecule has 0 saturated carbocycles. The van der Waals surface area contributed by atoms with Gasteiger partial charge in [-0.3, -0.25) is 0 Å². The number of fused-ring (bicyclic) bond motifs is 1. The van der Waals surface area contributed by atoms with Gasteiger partial charge < -0.3 is 19.3 Å². The maximum Gasteiger partial charge on any atom is 0.229 e. The second-order valence-electron chi connectivity index (χ2n) is 8.18. The first-order valence-electron chi connectivity index (χ1n) is 10.7. The third kappa shape index (κ3) is 4.31. The summed E-state index contributed by atoms with van der Waals surface area (Å²) in [5.41, 5.74) is 2.57. The van der Waals surface area contributed by atoms with E-state index in [2.05, 4.69) is 29.7 Å². The average molecular weight is 440 g/mol. The van der Waals surface area contributed by atoms with Crippen LogP contribution in [0.2, 0.25) is 5.02 Å². The van der Waals surface area contributed by atoms with Crippen molar-refractivity contribution in [2.75, 3.05) is 49.2 Å². The van der Waals surface area contributed by atoms with Gasteiger partial charge in [0, 0.05) is 36.8 Å². The molecule has 0 bridgehead atoms. The number of aromatic nitrogens is 3. The highest BCUT2D eigenvalue weighted by Crippen LogP contribution is 2.30. The number of rotatable bonds is 3. The van der Waals surface area contributed by atoms with Crippen LogP contribution in [0.4, 0.5) is 11.8 Å². The van der Waals surface area contributed by atoms with E-state index in [1.54, 1.807) is 0 Å². The number of ether oxygens (including phenoxy) is 2. The Labute approximate surface area is 187 Å². The van der Waals surface area contributed by atoms with E-state index >= 15 is 0 Å². The number of halogens is 1. The van der Waals surface area contributed by atoms with Gasteiger partial charge in [0.05, 0.1) is 36.5 Å². The number of hydrogen-bond acceptors (Lipinski definition) is 7. The molecular formula is C23H26ClN5O2. The minimum Gasteiger partial charge on any atom is -0.378 e. The maximum atomic E-state index is 6.06. The molecule has 31 heavy (non-hydrogen) atoms.